The lowest BCUT2D eigenvalue weighted by Crippen LogP contribution is -2.19. The number of carbonyl (C=O) groups is 1. The molecule has 2 N–H and O–H groups in total. The van der Waals surface area contributed by atoms with Crippen molar-refractivity contribution in [2.24, 2.45) is 0 Å². The number of carboxylic acids is 1. The van der Waals surface area contributed by atoms with Gasteiger partial charge in [0.25, 0.3) is 0 Å². The van der Waals surface area contributed by atoms with Crippen LogP contribution < -0.4 is 9.46 Å². The highest BCUT2D eigenvalue weighted by atomic mass is 32.2. The van der Waals surface area contributed by atoms with E-state index in [0.717, 1.165) is 55.4 Å². The summed E-state index contributed by atoms with van der Waals surface area (Å²) in [6, 6.07) is 12.6. The smallest absolute Gasteiger partial charge is 0.337 e. The van der Waals surface area contributed by atoms with E-state index in [2.05, 4.69) is 11.6 Å². The van der Waals surface area contributed by atoms with Crippen molar-refractivity contribution < 1.29 is 23.1 Å². The Kier molecular flexibility index (Phi) is 9.85. The van der Waals surface area contributed by atoms with E-state index in [-0.39, 0.29) is 17.0 Å². The van der Waals surface area contributed by atoms with E-state index in [1.165, 1.54) is 0 Å². The van der Waals surface area contributed by atoms with Crippen molar-refractivity contribution in [1.29, 1.82) is 0 Å². The van der Waals surface area contributed by atoms with Crippen molar-refractivity contribution in [2.75, 3.05) is 17.6 Å². The van der Waals surface area contributed by atoms with Crippen molar-refractivity contribution in [3.05, 3.63) is 59.2 Å². The fraction of sp³-hybridized carbons (Fsp3) is 0.458. The molecule has 0 amide bonds. The van der Waals surface area contributed by atoms with Gasteiger partial charge in [0.2, 0.25) is 10.0 Å². The van der Waals surface area contributed by atoms with Gasteiger partial charge in [0.05, 0.1) is 24.1 Å². The number of aromatic carboxylic acids is 1. The zero-order chi connectivity index (χ0) is 22.7. The van der Waals surface area contributed by atoms with Gasteiger partial charge < -0.3 is 9.84 Å². The van der Waals surface area contributed by atoms with Crippen molar-refractivity contribution in [1.82, 2.24) is 0 Å². The molecular weight excluding hydrogens is 414 g/mol. The summed E-state index contributed by atoms with van der Waals surface area (Å²) in [7, 11) is -1.97. The average molecular weight is 448 g/mol. The van der Waals surface area contributed by atoms with Crippen LogP contribution in [0, 0.1) is 0 Å². The Morgan fingerprint density at radius 3 is 2.19 bits per heavy atom. The number of ether oxygens (including phenoxy) is 1. The highest BCUT2D eigenvalue weighted by Crippen LogP contribution is 2.21. The molecule has 31 heavy (non-hydrogen) atoms. The Bertz CT molecular complexity index is 939. The van der Waals surface area contributed by atoms with Crippen LogP contribution in [-0.2, 0) is 22.9 Å². The maximum Gasteiger partial charge on any atom is 0.337 e. The van der Waals surface area contributed by atoms with Crippen LogP contribution in [0.1, 0.15) is 66.9 Å². The van der Waals surface area contributed by atoms with E-state index in [1.54, 1.807) is 25.3 Å². The van der Waals surface area contributed by atoms with Crippen LogP contribution in [0.15, 0.2) is 42.5 Å². The van der Waals surface area contributed by atoms with Gasteiger partial charge in [-0.2, -0.15) is 0 Å². The third-order valence-electron chi connectivity index (χ3n) is 5.21. The second kappa shape index (κ2) is 12.3. The highest BCUT2D eigenvalue weighted by molar-refractivity contribution is 7.92. The summed E-state index contributed by atoms with van der Waals surface area (Å²) >= 11 is 0. The standard InChI is InChI=1S/C24H33NO5S/c1-3-4-5-6-7-8-17-31(28,29)25-23-16-13-20(18-22(23)24(26)27)10-9-19-11-14-21(30-2)15-12-19/h11-16,18,25H,3-10,17H2,1-2H3,(H,26,27). The van der Waals surface area contributed by atoms with Gasteiger partial charge >= 0.3 is 5.97 Å². The van der Waals surface area contributed by atoms with Crippen molar-refractivity contribution in [3.63, 3.8) is 0 Å². The molecular formula is C24H33NO5S. The molecule has 0 radical (unpaired) electrons. The van der Waals surface area contributed by atoms with E-state index < -0.39 is 16.0 Å². The number of sulfonamides is 1. The first kappa shape index (κ1) is 24.7. The number of hydrogen-bond acceptors (Lipinski definition) is 4. The molecule has 0 fully saturated rings. The van der Waals surface area contributed by atoms with Gasteiger partial charge in [-0.3, -0.25) is 4.72 Å². The topological polar surface area (TPSA) is 92.7 Å². The molecule has 0 bridgehead atoms. The maximum atomic E-state index is 12.4. The normalized spacial score (nSPS) is 11.3. The quantitative estimate of drug-likeness (QED) is 0.384. The third kappa shape index (κ3) is 8.61. The highest BCUT2D eigenvalue weighted by Gasteiger charge is 2.17. The van der Waals surface area contributed by atoms with E-state index in [0.29, 0.717) is 12.8 Å². The average Bonchev–Trinajstić information content (AvgIpc) is 2.75. The van der Waals surface area contributed by atoms with Crippen molar-refractivity contribution >= 4 is 21.7 Å². The first-order valence-electron chi connectivity index (χ1n) is 10.8. The summed E-state index contributed by atoms with van der Waals surface area (Å²) in [4.78, 5) is 11.7. The zero-order valence-electron chi connectivity index (χ0n) is 18.4. The van der Waals surface area contributed by atoms with Crippen LogP contribution in [0.3, 0.4) is 0 Å². The Hall–Kier alpha value is -2.54. The Labute approximate surface area is 185 Å². The second-order valence-electron chi connectivity index (χ2n) is 7.72. The predicted molar refractivity (Wildman–Crippen MR) is 125 cm³/mol. The number of anilines is 1. The van der Waals surface area contributed by atoms with Gasteiger partial charge in [-0.15, -0.1) is 0 Å². The predicted octanol–water partition coefficient (Wildman–Crippen LogP) is 5.28. The minimum atomic E-state index is -3.58. The summed E-state index contributed by atoms with van der Waals surface area (Å²) in [5.74, 6) is -0.365. The molecule has 0 spiro atoms. The molecule has 2 aromatic carbocycles. The molecule has 0 aromatic heterocycles. The molecule has 0 aliphatic heterocycles. The van der Waals surface area contributed by atoms with Crippen molar-refractivity contribution in [3.8, 4) is 5.75 Å². The minimum absolute atomic E-state index is 0.00257. The molecule has 0 aliphatic rings. The number of benzene rings is 2. The van der Waals surface area contributed by atoms with Crippen LogP contribution in [0.4, 0.5) is 5.69 Å². The molecule has 0 saturated carbocycles. The molecule has 0 unspecified atom stereocenters. The minimum Gasteiger partial charge on any atom is -0.497 e. The number of rotatable bonds is 14. The number of nitrogens with one attached hydrogen (secondary N) is 1. The summed E-state index contributed by atoms with van der Waals surface area (Å²) in [5, 5.41) is 9.58. The monoisotopic (exact) mass is 447 g/mol. The summed E-state index contributed by atoms with van der Waals surface area (Å²) in [6.07, 6.45) is 7.27. The van der Waals surface area contributed by atoms with E-state index in [9.17, 15) is 18.3 Å². The molecule has 170 valence electrons. The van der Waals surface area contributed by atoms with Gasteiger partial charge in [0.1, 0.15) is 5.75 Å². The fourth-order valence-electron chi connectivity index (χ4n) is 3.38. The van der Waals surface area contributed by atoms with E-state index in [1.807, 2.05) is 24.3 Å². The SMILES string of the molecule is CCCCCCCCS(=O)(=O)Nc1ccc(CCc2ccc(OC)cc2)cc1C(=O)O. The number of carboxylic acid groups (broad SMARTS) is 1. The number of hydrogen-bond donors (Lipinski definition) is 2. The van der Waals surface area contributed by atoms with Crippen LogP contribution in [0.2, 0.25) is 0 Å². The number of unbranched alkanes of at least 4 members (excludes halogenated alkanes) is 5. The lowest BCUT2D eigenvalue weighted by Gasteiger charge is -2.12. The van der Waals surface area contributed by atoms with Gasteiger partial charge in [-0.1, -0.05) is 57.2 Å². The molecule has 6 nitrogen and oxygen atoms in total. The third-order valence-corrected chi connectivity index (χ3v) is 6.56. The Balaban J connectivity index is 1.98. The molecule has 0 saturated heterocycles. The van der Waals surface area contributed by atoms with Gasteiger partial charge in [-0.25, -0.2) is 13.2 Å². The van der Waals surface area contributed by atoms with Gasteiger partial charge in [-0.05, 0) is 54.7 Å². The maximum absolute atomic E-state index is 12.4. The van der Waals surface area contributed by atoms with Crippen LogP contribution in [0.5, 0.6) is 5.75 Å². The Morgan fingerprint density at radius 1 is 0.935 bits per heavy atom. The molecule has 7 heteroatoms. The lowest BCUT2D eigenvalue weighted by atomic mass is 10.0. The summed E-state index contributed by atoms with van der Waals surface area (Å²) in [5.41, 5.74) is 2.04. The lowest BCUT2D eigenvalue weighted by molar-refractivity contribution is 0.0698. The fourth-order valence-corrected chi connectivity index (χ4v) is 4.58. The van der Waals surface area contributed by atoms with Crippen molar-refractivity contribution in [2.45, 2.75) is 58.3 Å². The molecule has 2 aromatic rings. The second-order valence-corrected chi connectivity index (χ2v) is 9.56. The first-order valence-corrected chi connectivity index (χ1v) is 12.5. The molecule has 0 heterocycles. The summed E-state index contributed by atoms with van der Waals surface area (Å²) in [6.45, 7) is 2.14. The summed E-state index contributed by atoms with van der Waals surface area (Å²) < 4.78 is 32.4. The van der Waals surface area contributed by atoms with E-state index >= 15 is 0 Å². The van der Waals surface area contributed by atoms with E-state index in [4.69, 9.17) is 4.74 Å². The molecule has 0 atom stereocenters. The van der Waals surface area contributed by atoms with Crippen LogP contribution in [0.25, 0.3) is 0 Å². The van der Waals surface area contributed by atoms with Gasteiger partial charge in [0.15, 0.2) is 0 Å². The zero-order valence-corrected chi connectivity index (χ0v) is 19.2. The first-order chi connectivity index (χ1) is 14.8. The Morgan fingerprint density at radius 2 is 1.55 bits per heavy atom. The van der Waals surface area contributed by atoms with Crippen LogP contribution in [-0.4, -0.2) is 32.4 Å². The van der Waals surface area contributed by atoms with Crippen LogP contribution >= 0.6 is 0 Å². The largest absolute Gasteiger partial charge is 0.497 e. The number of aryl methyl sites for hydroxylation is 2. The number of methoxy groups -OCH3 is 1. The van der Waals surface area contributed by atoms with Gasteiger partial charge in [0, 0.05) is 0 Å². The molecule has 0 aliphatic carbocycles. The molecule has 2 rings (SSSR count).